The van der Waals surface area contributed by atoms with Crippen molar-refractivity contribution < 1.29 is 0 Å². The van der Waals surface area contributed by atoms with Crippen molar-refractivity contribution >= 4 is 16.5 Å². The van der Waals surface area contributed by atoms with E-state index >= 15 is 0 Å². The number of hydrogen-bond acceptors (Lipinski definition) is 4. The van der Waals surface area contributed by atoms with E-state index in [1.807, 2.05) is 0 Å². The monoisotopic (exact) mass is 199 g/mol. The number of aromatic nitrogens is 1. The SMILES string of the molecule is Cc1sc(NCCN)nc1C(C)C. The van der Waals surface area contributed by atoms with E-state index in [0.717, 1.165) is 11.7 Å². The normalized spacial score (nSPS) is 10.8. The van der Waals surface area contributed by atoms with Crippen LogP contribution in [0.5, 0.6) is 0 Å². The van der Waals surface area contributed by atoms with Crippen molar-refractivity contribution in [1.82, 2.24) is 4.98 Å². The standard InChI is InChI=1S/C9H17N3S/c1-6(2)8-7(3)13-9(12-8)11-5-4-10/h6H,4-5,10H2,1-3H3,(H,11,12). The van der Waals surface area contributed by atoms with Crippen molar-refractivity contribution in [3.8, 4) is 0 Å². The molecule has 1 rings (SSSR count). The highest BCUT2D eigenvalue weighted by molar-refractivity contribution is 7.15. The van der Waals surface area contributed by atoms with Crippen LogP contribution in [0.3, 0.4) is 0 Å². The van der Waals surface area contributed by atoms with Gasteiger partial charge in [-0.05, 0) is 12.8 Å². The first-order chi connectivity index (χ1) is 6.15. The van der Waals surface area contributed by atoms with Crippen molar-refractivity contribution in [2.45, 2.75) is 26.7 Å². The molecule has 13 heavy (non-hydrogen) atoms. The molecule has 1 heterocycles. The van der Waals surface area contributed by atoms with Gasteiger partial charge in [0, 0.05) is 18.0 Å². The lowest BCUT2D eigenvalue weighted by atomic mass is 10.1. The van der Waals surface area contributed by atoms with E-state index in [9.17, 15) is 0 Å². The number of nitrogens with one attached hydrogen (secondary N) is 1. The number of aryl methyl sites for hydroxylation is 1. The minimum absolute atomic E-state index is 0.504. The topological polar surface area (TPSA) is 50.9 Å². The first kappa shape index (κ1) is 10.5. The summed E-state index contributed by atoms with van der Waals surface area (Å²) < 4.78 is 0. The van der Waals surface area contributed by atoms with E-state index in [2.05, 4.69) is 31.1 Å². The van der Waals surface area contributed by atoms with Gasteiger partial charge in [0.2, 0.25) is 0 Å². The van der Waals surface area contributed by atoms with Crippen LogP contribution in [0.15, 0.2) is 0 Å². The van der Waals surface area contributed by atoms with Gasteiger partial charge >= 0.3 is 0 Å². The van der Waals surface area contributed by atoms with Gasteiger partial charge in [0.25, 0.3) is 0 Å². The summed E-state index contributed by atoms with van der Waals surface area (Å²) in [4.78, 5) is 5.80. The maximum absolute atomic E-state index is 5.40. The van der Waals surface area contributed by atoms with Crippen molar-refractivity contribution in [2.75, 3.05) is 18.4 Å². The molecule has 4 heteroatoms. The molecule has 3 N–H and O–H groups in total. The van der Waals surface area contributed by atoms with Gasteiger partial charge in [-0.15, -0.1) is 11.3 Å². The zero-order chi connectivity index (χ0) is 9.84. The summed E-state index contributed by atoms with van der Waals surface area (Å²) in [5.74, 6) is 0.504. The number of nitrogens with zero attached hydrogens (tertiary/aromatic N) is 1. The molecule has 0 spiro atoms. The van der Waals surface area contributed by atoms with Crippen LogP contribution < -0.4 is 11.1 Å². The molecule has 1 aromatic rings. The second kappa shape index (κ2) is 4.58. The molecule has 0 atom stereocenters. The van der Waals surface area contributed by atoms with Crippen LogP contribution in [0, 0.1) is 6.92 Å². The van der Waals surface area contributed by atoms with E-state index in [-0.39, 0.29) is 0 Å². The second-order valence-electron chi connectivity index (χ2n) is 3.33. The Kier molecular flexibility index (Phi) is 3.69. The predicted octanol–water partition coefficient (Wildman–Crippen LogP) is 1.95. The Labute approximate surface area is 83.4 Å². The Balaban J connectivity index is 2.71. The minimum atomic E-state index is 0.504. The molecule has 3 nitrogen and oxygen atoms in total. The summed E-state index contributed by atoms with van der Waals surface area (Å²) in [6.07, 6.45) is 0. The van der Waals surface area contributed by atoms with Crippen LogP contribution in [0.2, 0.25) is 0 Å². The summed E-state index contributed by atoms with van der Waals surface area (Å²) in [5, 5.41) is 4.19. The highest BCUT2D eigenvalue weighted by Crippen LogP contribution is 2.26. The van der Waals surface area contributed by atoms with E-state index in [1.165, 1.54) is 10.6 Å². The smallest absolute Gasteiger partial charge is 0.183 e. The van der Waals surface area contributed by atoms with Gasteiger partial charge < -0.3 is 11.1 Å². The maximum atomic E-state index is 5.40. The van der Waals surface area contributed by atoms with E-state index in [0.29, 0.717) is 12.5 Å². The zero-order valence-electron chi connectivity index (χ0n) is 8.42. The number of rotatable bonds is 4. The Morgan fingerprint density at radius 2 is 2.23 bits per heavy atom. The van der Waals surface area contributed by atoms with Crippen molar-refractivity contribution in [3.05, 3.63) is 10.6 Å². The predicted molar refractivity (Wildman–Crippen MR) is 58.5 cm³/mol. The first-order valence-corrected chi connectivity index (χ1v) is 5.38. The van der Waals surface area contributed by atoms with Gasteiger partial charge in [0.15, 0.2) is 5.13 Å². The molecule has 0 saturated carbocycles. The third-order valence-corrected chi connectivity index (χ3v) is 2.74. The molecule has 74 valence electrons. The summed E-state index contributed by atoms with van der Waals surface area (Å²) in [6, 6.07) is 0. The Morgan fingerprint density at radius 3 is 2.69 bits per heavy atom. The largest absolute Gasteiger partial charge is 0.360 e. The summed E-state index contributed by atoms with van der Waals surface area (Å²) >= 11 is 1.70. The summed E-state index contributed by atoms with van der Waals surface area (Å²) in [6.45, 7) is 7.88. The van der Waals surface area contributed by atoms with Crippen molar-refractivity contribution in [1.29, 1.82) is 0 Å². The van der Waals surface area contributed by atoms with Crippen LogP contribution in [0.1, 0.15) is 30.3 Å². The average Bonchev–Trinajstić information content (AvgIpc) is 2.43. The van der Waals surface area contributed by atoms with Gasteiger partial charge in [0.1, 0.15) is 0 Å². The van der Waals surface area contributed by atoms with Crippen molar-refractivity contribution in [3.63, 3.8) is 0 Å². The first-order valence-electron chi connectivity index (χ1n) is 4.56. The highest BCUT2D eigenvalue weighted by Gasteiger charge is 2.09. The van der Waals surface area contributed by atoms with Crippen LogP contribution in [0.25, 0.3) is 0 Å². The Hall–Kier alpha value is -0.610. The maximum Gasteiger partial charge on any atom is 0.183 e. The lowest BCUT2D eigenvalue weighted by Crippen LogP contribution is -2.12. The molecule has 0 bridgehead atoms. The quantitative estimate of drug-likeness (QED) is 0.779. The van der Waals surface area contributed by atoms with E-state index < -0.39 is 0 Å². The van der Waals surface area contributed by atoms with Crippen LogP contribution in [-0.4, -0.2) is 18.1 Å². The molecular weight excluding hydrogens is 182 g/mol. The number of thiazole rings is 1. The van der Waals surface area contributed by atoms with Gasteiger partial charge in [-0.1, -0.05) is 13.8 Å². The van der Waals surface area contributed by atoms with Crippen LogP contribution in [-0.2, 0) is 0 Å². The molecule has 0 saturated heterocycles. The fraction of sp³-hybridized carbons (Fsp3) is 0.667. The average molecular weight is 199 g/mol. The second-order valence-corrected chi connectivity index (χ2v) is 4.53. The third-order valence-electron chi connectivity index (χ3n) is 1.80. The minimum Gasteiger partial charge on any atom is -0.360 e. The molecular formula is C9H17N3S. The third kappa shape index (κ3) is 2.67. The fourth-order valence-corrected chi connectivity index (χ4v) is 2.19. The van der Waals surface area contributed by atoms with Crippen LogP contribution >= 0.6 is 11.3 Å². The summed E-state index contributed by atoms with van der Waals surface area (Å²) in [7, 11) is 0. The highest BCUT2D eigenvalue weighted by atomic mass is 32.1. The number of hydrogen-bond donors (Lipinski definition) is 2. The van der Waals surface area contributed by atoms with Crippen LogP contribution in [0.4, 0.5) is 5.13 Å². The Morgan fingerprint density at radius 1 is 1.54 bits per heavy atom. The fourth-order valence-electron chi connectivity index (χ4n) is 1.20. The van der Waals surface area contributed by atoms with Gasteiger partial charge in [-0.25, -0.2) is 4.98 Å². The van der Waals surface area contributed by atoms with Gasteiger partial charge in [-0.3, -0.25) is 0 Å². The van der Waals surface area contributed by atoms with E-state index in [4.69, 9.17) is 5.73 Å². The van der Waals surface area contributed by atoms with Gasteiger partial charge in [0.05, 0.1) is 5.69 Å². The number of anilines is 1. The number of nitrogens with two attached hydrogens (primary N) is 1. The molecule has 0 aliphatic rings. The molecule has 1 aromatic heterocycles. The van der Waals surface area contributed by atoms with Gasteiger partial charge in [-0.2, -0.15) is 0 Å². The molecule has 0 radical (unpaired) electrons. The molecule has 0 fully saturated rings. The lowest BCUT2D eigenvalue weighted by molar-refractivity contribution is 0.824. The molecule has 0 amide bonds. The lowest BCUT2D eigenvalue weighted by Gasteiger charge is -2.00. The van der Waals surface area contributed by atoms with E-state index in [1.54, 1.807) is 11.3 Å². The summed E-state index contributed by atoms with van der Waals surface area (Å²) in [5.41, 5.74) is 6.59. The zero-order valence-corrected chi connectivity index (χ0v) is 9.24. The van der Waals surface area contributed by atoms with Crippen molar-refractivity contribution in [2.24, 2.45) is 5.73 Å². The Bertz CT molecular complexity index is 268. The molecule has 0 aliphatic heterocycles. The molecule has 0 aliphatic carbocycles. The molecule has 0 unspecified atom stereocenters. The molecule has 0 aromatic carbocycles.